The molecule has 0 aromatic heterocycles. The Kier molecular flexibility index (Phi) is 41.0. The predicted octanol–water partition coefficient (Wildman–Crippen LogP) is -26.9. The molecule has 0 aromatic carbocycles. The minimum absolute atomic E-state index is 0.845. The first-order chi connectivity index (χ1) is 65.8. The zero-order chi connectivity index (χ0) is 102. The van der Waals surface area contributed by atoms with Gasteiger partial charge in [-0.2, -0.15) is 0 Å². The highest BCUT2D eigenvalue weighted by Crippen LogP contribution is 2.42. The van der Waals surface area contributed by atoms with Crippen LogP contribution in [0.2, 0.25) is 0 Å². The zero-order valence-corrected chi connectivity index (χ0v) is 73.4. The molecule has 12 heterocycles. The standard InChI is InChI=1S/C76H128N2O61/c1-15(87)77-29-41(99)58(23(9-85)121-65(29)116)133-66-30(78-16(2)88)42(100)59(24(10-86)128-66)134-73-57(115)61(40(98)28(131-73)13-119-69-56(114)60(135-70-53(111)44(102)32(90)18(4-80)123-70)39(97)27(130-69)14-120-74-62(48(106)35(93)21(7-83)126-74)137-71-54(112)45(103)33(91)19(5-81)124-71)136-76-64(139-75-63(49(107)36(94)22(8-84)127-75)138-72-55(113)46(104)34(92)20(6-82)125-72)50(108)38(96)26(132-76)12-118-68-52(110)47(105)37(95)25(129-68)11-117-67-51(109)43(101)31(89)17(3-79)122-67/h17-76,79-86,89-116H,3-14H2,1-2H3,(H,77,87)(H,78,88)/t17-,18-,19-,20-,21-,22-,23-,24-,25-,26-,27-,28-,29-,30-,31-,32-,33-,34-,35-,36-,37-,38-,39-,40-,41-,42-,43+,44+,45+,46+,47-,48+,49+,50+,51+,52+,53+,54+,55+,56+,57+,58-,59-,60+,61+,62+,63+,64+,65-,66+,67+,68+,69+,70-,71-,72-,73+,74+,75-,76-/m1/s1. The predicted molar refractivity (Wildman–Crippen MR) is 418 cm³/mol. The van der Waals surface area contributed by atoms with Gasteiger partial charge in [0, 0.05) is 13.8 Å². The van der Waals surface area contributed by atoms with Gasteiger partial charge in [0.15, 0.2) is 75.5 Å². The molecule has 12 fully saturated rings. The monoisotopic (exact) mass is 2040 g/mol. The van der Waals surface area contributed by atoms with Gasteiger partial charge in [-0.3, -0.25) is 9.59 Å². The van der Waals surface area contributed by atoms with E-state index in [0.29, 0.717) is 0 Å². The van der Waals surface area contributed by atoms with Gasteiger partial charge in [-0.05, 0) is 0 Å². The number of hydrogen-bond acceptors (Lipinski definition) is 61. The molecule has 0 unspecified atom stereocenters. The summed E-state index contributed by atoms with van der Waals surface area (Å²) in [6, 6.07) is -3.79. The van der Waals surface area contributed by atoms with Crippen molar-refractivity contribution < 1.29 is 302 Å². The van der Waals surface area contributed by atoms with E-state index in [2.05, 4.69) is 10.6 Å². The van der Waals surface area contributed by atoms with E-state index in [-0.39, 0.29) is 0 Å². The summed E-state index contributed by atoms with van der Waals surface area (Å²) in [6.07, 6.45) is -129. The van der Waals surface area contributed by atoms with Crippen LogP contribution in [0, 0.1) is 0 Å². The van der Waals surface area contributed by atoms with Crippen molar-refractivity contribution in [3.05, 3.63) is 0 Å². The summed E-state index contributed by atoms with van der Waals surface area (Å²) in [5.74, 6) is -1.88. The van der Waals surface area contributed by atoms with Crippen molar-refractivity contribution in [2.24, 2.45) is 0 Å². The van der Waals surface area contributed by atoms with E-state index in [1.165, 1.54) is 0 Å². The molecule has 60 atom stereocenters. The molecular weight excluding hydrogens is 1920 g/mol. The highest BCUT2D eigenvalue weighted by molar-refractivity contribution is 5.73. The lowest BCUT2D eigenvalue weighted by atomic mass is 9.94. The van der Waals surface area contributed by atoms with Gasteiger partial charge in [-0.1, -0.05) is 0 Å². The summed E-state index contributed by atoms with van der Waals surface area (Å²) in [6.45, 7) is -11.9. The van der Waals surface area contributed by atoms with E-state index in [0.717, 1.165) is 13.8 Å². The van der Waals surface area contributed by atoms with Crippen molar-refractivity contribution in [2.45, 2.75) is 382 Å². The Hall–Kier alpha value is -3.42. The van der Waals surface area contributed by atoms with Gasteiger partial charge >= 0.3 is 0 Å². The maximum Gasteiger partial charge on any atom is 0.217 e. The van der Waals surface area contributed by atoms with Crippen molar-refractivity contribution in [3.63, 3.8) is 0 Å². The lowest BCUT2D eigenvalue weighted by Gasteiger charge is -2.51. The average Bonchev–Trinajstić information content (AvgIpc) is 0.700. The molecule has 63 nitrogen and oxygen atoms in total. The number of carbonyl (C=O) groups is 2. The van der Waals surface area contributed by atoms with Gasteiger partial charge < -0.3 is 303 Å². The normalized spacial score (nSPS) is 51.9. The number of amides is 2. The molecule has 0 radical (unpaired) electrons. The Morgan fingerprint density at radius 3 is 0.770 bits per heavy atom. The number of aliphatic hydroxyl groups is 36. The van der Waals surface area contributed by atoms with Crippen LogP contribution < -0.4 is 10.6 Å². The van der Waals surface area contributed by atoms with Crippen molar-refractivity contribution in [2.75, 3.05) is 79.3 Å². The zero-order valence-electron chi connectivity index (χ0n) is 73.4. The van der Waals surface area contributed by atoms with Gasteiger partial charge in [0.05, 0.1) is 79.3 Å². The lowest BCUT2D eigenvalue weighted by Crippen LogP contribution is -2.70. The van der Waals surface area contributed by atoms with Crippen LogP contribution in [0.3, 0.4) is 0 Å². The number of carbonyl (C=O) groups excluding carboxylic acids is 2. The SMILES string of the molecule is CC(=O)N[C@@H]1[C@@H](O)[C@H](O[C@@H]2O[C@H](CO)[C@@H](O[C@@H]3O[C@H](CO[C@H]4O[C@H](CO[C@H]5O[C@H](CO)[C@@H](O)[C@H](O)[C@@H]5O[C@H]5O[C@H](CO)[C@@H](O)[C@H](O)[C@@H]5O)[C@@H](O)[C@H](O[C@H]5O[C@H](CO)[C@@H](O)[C@H](O)[C@@H]5O)[C@@H]4O)[C@@H](O)[C@H](O[C@H]4O[C@H](CO[C@H]5O[C@H](CO[C@H]6O[C@H](CO)[C@@H](O)[C@H](O)[C@@H]6O)[C@@H](O)[C@@H](O)[C@@H]5O)[C@@H](O)[C@H](O)[C@@H]4O[C@H]4O[C@H](CO)[C@@H](O)[C@H](O)[C@@H]4O[C@H]4O[C@H](CO)[C@@H](O)[C@H](O)[C@@H]4O)[C@@H]3O)[C@H](O)[C@H]2NC(C)=O)[C@@H](CO)O[C@H]1O. The second-order valence-electron chi connectivity index (χ2n) is 35.2. The quantitative estimate of drug-likeness (QED) is 0.0277. The summed E-state index contributed by atoms with van der Waals surface area (Å²) >= 11 is 0. The molecule has 12 rings (SSSR count). The van der Waals surface area contributed by atoms with Crippen molar-refractivity contribution in [1.82, 2.24) is 10.6 Å². The summed E-state index contributed by atoms with van der Waals surface area (Å²) in [5, 5.41) is 407. The largest absolute Gasteiger partial charge is 0.394 e. The molecule has 0 spiro atoms. The second kappa shape index (κ2) is 49.8. The van der Waals surface area contributed by atoms with Crippen molar-refractivity contribution >= 4 is 11.8 Å². The molecule has 0 aliphatic carbocycles. The molecule has 0 aromatic rings. The molecule has 0 bridgehead atoms. The Balaban J connectivity index is 0.912. The van der Waals surface area contributed by atoms with E-state index >= 15 is 0 Å². The van der Waals surface area contributed by atoms with Crippen LogP contribution in [-0.2, 0) is 119 Å². The van der Waals surface area contributed by atoms with Crippen molar-refractivity contribution in [3.8, 4) is 0 Å². The highest BCUT2D eigenvalue weighted by atomic mass is 16.8. The molecule has 139 heavy (non-hydrogen) atoms. The van der Waals surface area contributed by atoms with Crippen molar-refractivity contribution in [1.29, 1.82) is 0 Å². The maximum absolute atomic E-state index is 13.2. The van der Waals surface area contributed by atoms with Gasteiger partial charge in [0.25, 0.3) is 0 Å². The lowest BCUT2D eigenvalue weighted by molar-refractivity contribution is -0.410. The highest BCUT2D eigenvalue weighted by Gasteiger charge is 2.63. The Labute approximate surface area is 784 Å². The second-order valence-corrected chi connectivity index (χ2v) is 35.2. The van der Waals surface area contributed by atoms with Crippen LogP contribution in [0.15, 0.2) is 0 Å². The van der Waals surface area contributed by atoms with Crippen LogP contribution in [0.1, 0.15) is 13.8 Å². The topological polar surface area (TPSA) is 999 Å². The van der Waals surface area contributed by atoms with Gasteiger partial charge in [0.2, 0.25) is 11.8 Å². The summed E-state index contributed by atoms with van der Waals surface area (Å²) in [7, 11) is 0. The number of aliphatic hydroxyl groups excluding tert-OH is 36. The van der Waals surface area contributed by atoms with E-state index in [1.54, 1.807) is 0 Å². The van der Waals surface area contributed by atoms with Crippen LogP contribution in [0.25, 0.3) is 0 Å². The average molecular weight is 2050 g/mol. The molecule has 12 aliphatic rings. The first-order valence-electron chi connectivity index (χ1n) is 44.2. The molecule has 0 saturated carbocycles. The minimum atomic E-state index is -2.80. The Morgan fingerprint density at radius 1 is 0.187 bits per heavy atom. The Morgan fingerprint density at radius 2 is 0.396 bits per heavy atom. The number of nitrogens with one attached hydrogen (secondary N) is 2. The third kappa shape index (κ3) is 24.8. The van der Waals surface area contributed by atoms with Gasteiger partial charge in [0.1, 0.15) is 293 Å². The van der Waals surface area contributed by atoms with Crippen LogP contribution in [-0.4, -0.2) is 643 Å². The third-order valence-electron chi connectivity index (χ3n) is 25.8. The molecule has 808 valence electrons. The third-order valence-corrected chi connectivity index (χ3v) is 25.8. The summed E-state index contributed by atoms with van der Waals surface area (Å²) in [5.41, 5.74) is 0. The molecule has 63 heteroatoms. The van der Waals surface area contributed by atoms with E-state index in [4.69, 9.17) is 109 Å². The van der Waals surface area contributed by atoms with Crippen LogP contribution in [0.4, 0.5) is 0 Å². The first-order valence-corrected chi connectivity index (χ1v) is 44.2. The molecule has 2 amide bonds. The maximum atomic E-state index is 13.2. The van der Waals surface area contributed by atoms with Crippen LogP contribution in [0.5, 0.6) is 0 Å². The molecule has 12 aliphatic heterocycles. The fraction of sp³-hybridized carbons (Fsp3) is 0.974. The van der Waals surface area contributed by atoms with Crippen LogP contribution >= 0.6 is 0 Å². The van der Waals surface area contributed by atoms with Gasteiger partial charge in [-0.15, -0.1) is 0 Å². The first kappa shape index (κ1) is 114. The summed E-state index contributed by atoms with van der Waals surface area (Å²) < 4.78 is 135. The molecule has 38 N–H and O–H groups in total. The van der Waals surface area contributed by atoms with E-state index < -0.39 is 459 Å². The number of hydrogen-bond donors (Lipinski definition) is 38. The molecular formula is C76H128N2O61. The molecule has 12 saturated heterocycles. The summed E-state index contributed by atoms with van der Waals surface area (Å²) in [4.78, 5) is 25.5. The fourth-order valence-corrected chi connectivity index (χ4v) is 17.8. The Bertz CT molecular complexity index is 3730. The van der Waals surface area contributed by atoms with Gasteiger partial charge in [-0.25, -0.2) is 0 Å². The minimum Gasteiger partial charge on any atom is -0.394 e. The smallest absolute Gasteiger partial charge is 0.217 e. The van der Waals surface area contributed by atoms with E-state index in [9.17, 15) is 193 Å². The van der Waals surface area contributed by atoms with E-state index in [1.807, 2.05) is 0 Å². The number of ether oxygens (including phenoxy) is 23. The fourth-order valence-electron chi connectivity index (χ4n) is 17.8. The number of rotatable bonds is 36.